The molecule has 0 aliphatic rings. The Kier molecular flexibility index (Phi) is 4.17. The van der Waals surface area contributed by atoms with Gasteiger partial charge in [-0.2, -0.15) is 0 Å². The van der Waals surface area contributed by atoms with E-state index in [1.165, 1.54) is 7.11 Å². The first kappa shape index (κ1) is 12.1. The predicted octanol–water partition coefficient (Wildman–Crippen LogP) is 2.44. The Labute approximate surface area is 97.7 Å². The van der Waals surface area contributed by atoms with E-state index in [0.717, 1.165) is 10.0 Å². The molecule has 1 aromatic carbocycles. The van der Waals surface area contributed by atoms with Crippen LogP contribution in [0.15, 0.2) is 16.6 Å². The molecule has 0 heterocycles. The van der Waals surface area contributed by atoms with E-state index in [2.05, 4.69) is 15.9 Å². The first-order valence-electron chi connectivity index (χ1n) is 4.54. The lowest BCUT2D eigenvalue weighted by Crippen LogP contribution is -1.93. The molecule has 15 heavy (non-hydrogen) atoms. The molecule has 0 aliphatic carbocycles. The third kappa shape index (κ3) is 2.52. The van der Waals surface area contributed by atoms with E-state index >= 15 is 0 Å². The van der Waals surface area contributed by atoms with Crippen molar-refractivity contribution in [1.29, 1.82) is 0 Å². The smallest absolute Gasteiger partial charge is 0.166 e. The monoisotopic (exact) mass is 271 g/mol. The van der Waals surface area contributed by atoms with Crippen molar-refractivity contribution in [3.8, 4) is 11.5 Å². The van der Waals surface area contributed by atoms with Gasteiger partial charge in [0.1, 0.15) is 0 Å². The van der Waals surface area contributed by atoms with Crippen molar-refractivity contribution in [3.05, 3.63) is 27.7 Å². The summed E-state index contributed by atoms with van der Waals surface area (Å²) in [6, 6.07) is 1.78. The summed E-state index contributed by atoms with van der Waals surface area (Å²) in [6.07, 6.45) is 3.55. The number of methoxy groups -OCH3 is 1. The van der Waals surface area contributed by atoms with Crippen LogP contribution >= 0.6 is 15.9 Å². The summed E-state index contributed by atoms with van der Waals surface area (Å²) < 4.78 is 5.92. The minimum Gasteiger partial charge on any atom is -0.504 e. The molecule has 0 aromatic heterocycles. The fraction of sp³-hybridized carbons (Fsp3) is 0.273. The number of phenols is 1. The van der Waals surface area contributed by atoms with E-state index in [4.69, 9.17) is 10.5 Å². The summed E-state index contributed by atoms with van der Waals surface area (Å²) in [5.74, 6) is 0.590. The highest BCUT2D eigenvalue weighted by atomic mass is 79.9. The Morgan fingerprint density at radius 3 is 2.80 bits per heavy atom. The van der Waals surface area contributed by atoms with Crippen LogP contribution in [-0.2, 0) is 0 Å². The second-order valence-electron chi connectivity index (χ2n) is 3.11. The highest BCUT2D eigenvalue weighted by Gasteiger charge is 2.12. The van der Waals surface area contributed by atoms with Gasteiger partial charge in [-0.05, 0) is 34.5 Å². The van der Waals surface area contributed by atoms with Crippen molar-refractivity contribution in [1.82, 2.24) is 0 Å². The fourth-order valence-electron chi connectivity index (χ4n) is 1.27. The minimum absolute atomic E-state index is 0.125. The summed E-state index contributed by atoms with van der Waals surface area (Å²) in [7, 11) is 1.53. The summed E-state index contributed by atoms with van der Waals surface area (Å²) in [5.41, 5.74) is 7.06. The number of ether oxygens (including phenoxy) is 1. The van der Waals surface area contributed by atoms with Crippen molar-refractivity contribution in [3.63, 3.8) is 0 Å². The fourth-order valence-corrected chi connectivity index (χ4v) is 1.71. The average molecular weight is 272 g/mol. The van der Waals surface area contributed by atoms with Gasteiger partial charge in [-0.3, -0.25) is 0 Å². The Balaban J connectivity index is 3.33. The quantitative estimate of drug-likeness (QED) is 0.888. The van der Waals surface area contributed by atoms with Gasteiger partial charge in [0.05, 0.1) is 7.11 Å². The van der Waals surface area contributed by atoms with Gasteiger partial charge in [-0.15, -0.1) is 0 Å². The molecule has 3 nitrogen and oxygen atoms in total. The summed E-state index contributed by atoms with van der Waals surface area (Å²) >= 11 is 3.42. The molecule has 0 unspecified atom stereocenters. The van der Waals surface area contributed by atoms with Crippen LogP contribution in [0.1, 0.15) is 11.1 Å². The molecule has 0 fully saturated rings. The molecule has 0 aliphatic heterocycles. The van der Waals surface area contributed by atoms with Crippen LogP contribution in [0, 0.1) is 6.92 Å². The van der Waals surface area contributed by atoms with E-state index in [1.807, 2.05) is 6.92 Å². The van der Waals surface area contributed by atoms with E-state index in [0.29, 0.717) is 17.9 Å². The van der Waals surface area contributed by atoms with Crippen LogP contribution in [0.2, 0.25) is 0 Å². The van der Waals surface area contributed by atoms with E-state index < -0.39 is 0 Å². The molecule has 4 heteroatoms. The van der Waals surface area contributed by atoms with Crippen molar-refractivity contribution >= 4 is 22.0 Å². The van der Waals surface area contributed by atoms with E-state index in [9.17, 15) is 5.11 Å². The molecule has 0 spiro atoms. The van der Waals surface area contributed by atoms with Crippen molar-refractivity contribution in [2.45, 2.75) is 6.92 Å². The van der Waals surface area contributed by atoms with Crippen LogP contribution in [0.4, 0.5) is 0 Å². The van der Waals surface area contributed by atoms with Crippen molar-refractivity contribution < 1.29 is 9.84 Å². The van der Waals surface area contributed by atoms with E-state index in [1.54, 1.807) is 18.2 Å². The molecular formula is C11H14BrNO2. The Bertz CT molecular complexity index is 389. The molecule has 0 bridgehead atoms. The molecule has 0 atom stereocenters. The van der Waals surface area contributed by atoms with E-state index in [-0.39, 0.29) is 5.75 Å². The summed E-state index contributed by atoms with van der Waals surface area (Å²) in [5, 5.41) is 9.87. The summed E-state index contributed by atoms with van der Waals surface area (Å²) in [4.78, 5) is 0. The van der Waals surface area contributed by atoms with Gasteiger partial charge in [0.2, 0.25) is 0 Å². The lowest BCUT2D eigenvalue weighted by molar-refractivity contribution is 0.372. The molecule has 3 N–H and O–H groups in total. The number of rotatable bonds is 3. The largest absolute Gasteiger partial charge is 0.504 e. The number of hydrogen-bond acceptors (Lipinski definition) is 3. The highest BCUT2D eigenvalue weighted by Crippen LogP contribution is 2.38. The minimum atomic E-state index is 0.125. The first-order valence-corrected chi connectivity index (χ1v) is 5.33. The number of aromatic hydroxyl groups is 1. The standard InChI is InChI=1S/C11H14BrNO2/c1-7-6-9(15-2)11(14)8(10(7)12)4-3-5-13/h3-4,6,14H,5,13H2,1-2H3/b4-3+. The van der Waals surface area contributed by atoms with Crippen LogP contribution in [0.25, 0.3) is 6.08 Å². The molecule has 0 amide bonds. The number of phenolic OH excluding ortho intramolecular Hbond substituents is 1. The lowest BCUT2D eigenvalue weighted by atomic mass is 10.1. The topological polar surface area (TPSA) is 55.5 Å². The molecule has 0 saturated carbocycles. The Morgan fingerprint density at radius 2 is 2.27 bits per heavy atom. The Hall–Kier alpha value is -1.00. The predicted molar refractivity (Wildman–Crippen MR) is 65.2 cm³/mol. The lowest BCUT2D eigenvalue weighted by Gasteiger charge is -2.10. The highest BCUT2D eigenvalue weighted by molar-refractivity contribution is 9.10. The van der Waals surface area contributed by atoms with Crippen LogP contribution in [-0.4, -0.2) is 18.8 Å². The third-order valence-corrected chi connectivity index (χ3v) is 3.11. The maximum atomic E-state index is 9.87. The van der Waals surface area contributed by atoms with Gasteiger partial charge in [-0.1, -0.05) is 12.2 Å². The summed E-state index contributed by atoms with van der Waals surface area (Å²) in [6.45, 7) is 2.37. The van der Waals surface area contributed by atoms with Crippen molar-refractivity contribution in [2.24, 2.45) is 5.73 Å². The van der Waals surface area contributed by atoms with Gasteiger partial charge in [-0.25, -0.2) is 0 Å². The Morgan fingerprint density at radius 1 is 1.60 bits per heavy atom. The van der Waals surface area contributed by atoms with Crippen molar-refractivity contribution in [2.75, 3.05) is 13.7 Å². The second kappa shape index (κ2) is 5.19. The van der Waals surface area contributed by atoms with Gasteiger partial charge < -0.3 is 15.6 Å². The van der Waals surface area contributed by atoms with Crippen LogP contribution in [0.5, 0.6) is 11.5 Å². The molecule has 1 aromatic rings. The molecule has 0 radical (unpaired) electrons. The zero-order chi connectivity index (χ0) is 11.4. The number of halogens is 1. The molecular weight excluding hydrogens is 258 g/mol. The van der Waals surface area contributed by atoms with Gasteiger partial charge in [0, 0.05) is 16.6 Å². The SMILES string of the molecule is COc1cc(C)c(Br)c(/C=C/CN)c1O. The zero-order valence-corrected chi connectivity index (χ0v) is 10.3. The maximum Gasteiger partial charge on any atom is 0.166 e. The zero-order valence-electron chi connectivity index (χ0n) is 8.75. The van der Waals surface area contributed by atoms with Gasteiger partial charge in [0.15, 0.2) is 11.5 Å². The number of benzene rings is 1. The number of nitrogens with two attached hydrogens (primary N) is 1. The second-order valence-corrected chi connectivity index (χ2v) is 3.90. The van der Waals surface area contributed by atoms with Crippen LogP contribution < -0.4 is 10.5 Å². The average Bonchev–Trinajstić information content (AvgIpc) is 2.23. The van der Waals surface area contributed by atoms with Gasteiger partial charge >= 0.3 is 0 Å². The normalized spacial score (nSPS) is 10.9. The molecule has 0 saturated heterocycles. The first-order chi connectivity index (χ1) is 7.11. The maximum absolute atomic E-state index is 9.87. The molecule has 1 rings (SSSR count). The number of hydrogen-bond donors (Lipinski definition) is 2. The molecule has 82 valence electrons. The van der Waals surface area contributed by atoms with Gasteiger partial charge in [0.25, 0.3) is 0 Å². The third-order valence-electron chi connectivity index (χ3n) is 2.06. The van der Waals surface area contributed by atoms with Crippen LogP contribution in [0.3, 0.4) is 0 Å². The number of aryl methyl sites for hydroxylation is 1.